The van der Waals surface area contributed by atoms with E-state index in [2.05, 4.69) is 23.4 Å². The average Bonchev–Trinajstić information content (AvgIpc) is 2.77. The number of anilines is 1. The van der Waals surface area contributed by atoms with E-state index in [0.29, 0.717) is 17.1 Å². The first-order chi connectivity index (χ1) is 9.13. The normalized spacial score (nSPS) is 10.2. The molecule has 0 radical (unpaired) electrons. The highest BCUT2D eigenvalue weighted by atomic mass is 35.5. The van der Waals surface area contributed by atoms with Gasteiger partial charge in [-0.25, -0.2) is 0 Å². The molecular weight excluding hydrogens is 260 g/mol. The molecule has 0 atom stereocenters. The van der Waals surface area contributed by atoms with Crippen molar-refractivity contribution < 1.29 is 0 Å². The summed E-state index contributed by atoms with van der Waals surface area (Å²) in [5.41, 5.74) is 3.57. The fourth-order valence-electron chi connectivity index (χ4n) is 1.82. The lowest BCUT2D eigenvalue weighted by atomic mass is 10.2. The van der Waals surface area contributed by atoms with E-state index >= 15 is 0 Å². The number of aromatic nitrogens is 2. The summed E-state index contributed by atoms with van der Waals surface area (Å²) < 4.78 is 1.87. The van der Waals surface area contributed by atoms with E-state index in [1.807, 2.05) is 23.9 Å². The summed E-state index contributed by atoms with van der Waals surface area (Å²) >= 11 is 5.99. The van der Waals surface area contributed by atoms with Crippen LogP contribution < -0.4 is 5.32 Å². The molecule has 19 heavy (non-hydrogen) atoms. The summed E-state index contributed by atoms with van der Waals surface area (Å²) in [5.74, 6) is 0. The molecule has 5 heteroatoms. The van der Waals surface area contributed by atoms with E-state index in [-0.39, 0.29) is 0 Å². The van der Waals surface area contributed by atoms with Crippen molar-refractivity contribution in [3.63, 3.8) is 0 Å². The molecule has 98 valence electrons. The molecular formula is C14H15ClN4. The monoisotopic (exact) mass is 274 g/mol. The SMILES string of the molecule is CCc1cc(CNc2ccc(C#N)c(Cl)c2)n(C)n1. The van der Waals surface area contributed by atoms with Crippen LogP contribution in [0.4, 0.5) is 5.69 Å². The van der Waals surface area contributed by atoms with Crippen LogP contribution >= 0.6 is 11.6 Å². The third-order valence-corrected chi connectivity index (χ3v) is 3.27. The van der Waals surface area contributed by atoms with Gasteiger partial charge in [-0.15, -0.1) is 0 Å². The second-order valence-electron chi connectivity index (χ2n) is 4.26. The largest absolute Gasteiger partial charge is 0.379 e. The summed E-state index contributed by atoms with van der Waals surface area (Å²) in [5, 5.41) is 17.0. The molecule has 1 aromatic heterocycles. The van der Waals surface area contributed by atoms with Gasteiger partial charge in [-0.3, -0.25) is 4.68 Å². The van der Waals surface area contributed by atoms with Gasteiger partial charge in [0.25, 0.3) is 0 Å². The summed E-state index contributed by atoms with van der Waals surface area (Å²) in [4.78, 5) is 0. The van der Waals surface area contributed by atoms with Crippen molar-refractivity contribution in [1.82, 2.24) is 9.78 Å². The third-order valence-electron chi connectivity index (χ3n) is 2.95. The molecule has 0 amide bonds. The maximum absolute atomic E-state index is 8.82. The lowest BCUT2D eigenvalue weighted by Crippen LogP contribution is -2.05. The van der Waals surface area contributed by atoms with E-state index in [1.165, 1.54) is 0 Å². The molecule has 2 rings (SSSR count). The third kappa shape index (κ3) is 3.07. The number of halogens is 1. The van der Waals surface area contributed by atoms with Gasteiger partial charge in [0.1, 0.15) is 6.07 Å². The number of nitriles is 1. The van der Waals surface area contributed by atoms with E-state index in [9.17, 15) is 0 Å². The van der Waals surface area contributed by atoms with Gasteiger partial charge in [-0.2, -0.15) is 10.4 Å². The zero-order chi connectivity index (χ0) is 13.8. The maximum Gasteiger partial charge on any atom is 0.101 e. The lowest BCUT2D eigenvalue weighted by Gasteiger charge is -2.07. The van der Waals surface area contributed by atoms with Crippen molar-refractivity contribution in [2.45, 2.75) is 19.9 Å². The predicted octanol–water partition coefficient (Wildman–Crippen LogP) is 3.12. The minimum atomic E-state index is 0.465. The first kappa shape index (κ1) is 13.4. The van der Waals surface area contributed by atoms with Crippen LogP contribution in [0.2, 0.25) is 5.02 Å². The van der Waals surface area contributed by atoms with Gasteiger partial charge in [0.05, 0.1) is 28.5 Å². The summed E-state index contributed by atoms with van der Waals surface area (Å²) in [6, 6.07) is 9.45. The molecule has 1 aromatic carbocycles. The molecule has 0 unspecified atom stereocenters. The van der Waals surface area contributed by atoms with Crippen LogP contribution in [0.3, 0.4) is 0 Å². The zero-order valence-electron chi connectivity index (χ0n) is 10.9. The smallest absolute Gasteiger partial charge is 0.101 e. The first-order valence-corrected chi connectivity index (χ1v) is 6.47. The second kappa shape index (κ2) is 5.77. The standard InChI is InChI=1S/C14H15ClN4/c1-3-11-6-13(19(2)18-11)9-17-12-5-4-10(8-16)14(15)7-12/h4-7,17H,3,9H2,1-2H3. The molecule has 0 aliphatic heterocycles. The number of aryl methyl sites for hydroxylation is 2. The molecule has 0 saturated heterocycles. The highest BCUT2D eigenvalue weighted by Crippen LogP contribution is 2.20. The Morgan fingerprint density at radius 3 is 2.79 bits per heavy atom. The first-order valence-electron chi connectivity index (χ1n) is 6.09. The number of nitrogens with one attached hydrogen (secondary N) is 1. The molecule has 0 saturated carbocycles. The Labute approximate surface area is 117 Å². The van der Waals surface area contributed by atoms with Crippen molar-refractivity contribution in [2.75, 3.05) is 5.32 Å². The summed E-state index contributed by atoms with van der Waals surface area (Å²) in [6.45, 7) is 2.76. The number of hydrogen-bond acceptors (Lipinski definition) is 3. The van der Waals surface area contributed by atoms with Gasteiger partial charge in [0, 0.05) is 12.7 Å². The molecule has 0 aliphatic rings. The Hall–Kier alpha value is -1.99. The Balaban J connectivity index is 2.08. The molecule has 1 heterocycles. The molecule has 0 aliphatic carbocycles. The van der Waals surface area contributed by atoms with Crippen LogP contribution in [0, 0.1) is 11.3 Å². The van der Waals surface area contributed by atoms with Gasteiger partial charge < -0.3 is 5.32 Å². The van der Waals surface area contributed by atoms with Crippen molar-refractivity contribution in [3.05, 3.63) is 46.2 Å². The molecule has 1 N–H and O–H groups in total. The van der Waals surface area contributed by atoms with Gasteiger partial charge in [-0.1, -0.05) is 18.5 Å². The number of rotatable bonds is 4. The van der Waals surface area contributed by atoms with Gasteiger partial charge in [0.2, 0.25) is 0 Å². The minimum Gasteiger partial charge on any atom is -0.379 e. The second-order valence-corrected chi connectivity index (χ2v) is 4.67. The Bertz CT molecular complexity index is 625. The summed E-state index contributed by atoms with van der Waals surface area (Å²) in [6.07, 6.45) is 0.927. The zero-order valence-corrected chi connectivity index (χ0v) is 11.7. The van der Waals surface area contributed by atoms with E-state index < -0.39 is 0 Å². The number of hydrogen-bond donors (Lipinski definition) is 1. The van der Waals surface area contributed by atoms with Crippen molar-refractivity contribution in [3.8, 4) is 6.07 Å². The summed E-state index contributed by atoms with van der Waals surface area (Å²) in [7, 11) is 1.93. The Morgan fingerprint density at radius 2 is 2.21 bits per heavy atom. The van der Waals surface area contributed by atoms with Gasteiger partial charge in [0.15, 0.2) is 0 Å². The van der Waals surface area contributed by atoms with Gasteiger partial charge >= 0.3 is 0 Å². The van der Waals surface area contributed by atoms with E-state index in [4.69, 9.17) is 16.9 Å². The quantitative estimate of drug-likeness (QED) is 0.932. The number of benzene rings is 1. The minimum absolute atomic E-state index is 0.465. The van der Waals surface area contributed by atoms with Crippen molar-refractivity contribution in [1.29, 1.82) is 5.26 Å². The predicted molar refractivity (Wildman–Crippen MR) is 76.1 cm³/mol. The highest BCUT2D eigenvalue weighted by Gasteiger charge is 2.05. The van der Waals surface area contributed by atoms with E-state index in [1.54, 1.807) is 12.1 Å². The van der Waals surface area contributed by atoms with Crippen LogP contribution in [0.25, 0.3) is 0 Å². The maximum atomic E-state index is 8.82. The van der Waals surface area contributed by atoms with E-state index in [0.717, 1.165) is 23.5 Å². The van der Waals surface area contributed by atoms with Crippen LogP contribution in [-0.2, 0) is 20.0 Å². The molecule has 0 fully saturated rings. The molecule has 2 aromatic rings. The van der Waals surface area contributed by atoms with Gasteiger partial charge in [-0.05, 0) is 30.7 Å². The lowest BCUT2D eigenvalue weighted by molar-refractivity contribution is 0.707. The Kier molecular flexibility index (Phi) is 4.08. The number of nitrogens with zero attached hydrogens (tertiary/aromatic N) is 3. The van der Waals surface area contributed by atoms with Crippen LogP contribution in [0.15, 0.2) is 24.3 Å². The topological polar surface area (TPSA) is 53.6 Å². The molecule has 0 spiro atoms. The van der Waals surface area contributed by atoms with Crippen LogP contribution in [-0.4, -0.2) is 9.78 Å². The highest BCUT2D eigenvalue weighted by molar-refractivity contribution is 6.32. The van der Waals surface area contributed by atoms with Crippen LogP contribution in [0.1, 0.15) is 23.9 Å². The fraction of sp³-hybridized carbons (Fsp3) is 0.286. The average molecular weight is 275 g/mol. The Morgan fingerprint density at radius 1 is 1.42 bits per heavy atom. The van der Waals surface area contributed by atoms with Crippen molar-refractivity contribution >= 4 is 17.3 Å². The molecule has 4 nitrogen and oxygen atoms in total. The van der Waals surface area contributed by atoms with Crippen molar-refractivity contribution in [2.24, 2.45) is 7.05 Å². The molecule has 0 bridgehead atoms. The fourth-order valence-corrected chi connectivity index (χ4v) is 2.04. The van der Waals surface area contributed by atoms with Crippen LogP contribution in [0.5, 0.6) is 0 Å².